The van der Waals surface area contributed by atoms with Gasteiger partial charge in [0.05, 0.1) is 17.2 Å². The minimum absolute atomic E-state index is 0.0154. The van der Waals surface area contributed by atoms with Gasteiger partial charge in [0.25, 0.3) is 5.91 Å². The highest BCUT2D eigenvalue weighted by Gasteiger charge is 2.26. The van der Waals surface area contributed by atoms with Crippen LogP contribution in [-0.4, -0.2) is 48.6 Å². The fourth-order valence-electron chi connectivity index (χ4n) is 3.78. The van der Waals surface area contributed by atoms with Crippen LogP contribution in [0, 0.1) is 0 Å². The van der Waals surface area contributed by atoms with Crippen LogP contribution in [0.2, 0.25) is 10.0 Å². The van der Waals surface area contributed by atoms with E-state index in [-0.39, 0.29) is 12.0 Å². The van der Waals surface area contributed by atoms with Gasteiger partial charge in [-0.2, -0.15) is 0 Å². The number of carbonyl (C=O) groups is 1. The number of carbonyl (C=O) groups excluding carboxylic acids is 1. The molecule has 4 rings (SSSR count). The lowest BCUT2D eigenvalue weighted by Gasteiger charge is -2.34. The summed E-state index contributed by atoms with van der Waals surface area (Å²) >= 11 is 12.5. The summed E-state index contributed by atoms with van der Waals surface area (Å²) in [5.41, 5.74) is 1.63. The van der Waals surface area contributed by atoms with Gasteiger partial charge in [-0.3, -0.25) is 4.79 Å². The second kappa shape index (κ2) is 8.68. The maximum Gasteiger partial charge on any atom is 0.255 e. The number of hydrogen-bond acceptors (Lipinski definition) is 4. The number of anilines is 1. The molecule has 148 valence electrons. The molecule has 3 heterocycles. The van der Waals surface area contributed by atoms with Crippen LogP contribution >= 0.6 is 23.2 Å². The Morgan fingerprint density at radius 3 is 2.54 bits per heavy atom. The summed E-state index contributed by atoms with van der Waals surface area (Å²) in [5.74, 6) is 0.709. The molecule has 1 atom stereocenters. The van der Waals surface area contributed by atoms with Gasteiger partial charge in [-0.15, -0.1) is 0 Å². The highest BCUT2D eigenvalue weighted by molar-refractivity contribution is 6.33. The van der Waals surface area contributed by atoms with Gasteiger partial charge in [0, 0.05) is 37.4 Å². The van der Waals surface area contributed by atoms with Gasteiger partial charge in [0.1, 0.15) is 11.9 Å². The number of nitrogens with zero attached hydrogens (tertiary/aromatic N) is 3. The zero-order chi connectivity index (χ0) is 19.5. The molecular formula is C21H23Cl2N3O2. The first kappa shape index (κ1) is 19.5. The second-order valence-corrected chi connectivity index (χ2v) is 8.08. The van der Waals surface area contributed by atoms with Crippen molar-refractivity contribution < 1.29 is 9.53 Å². The third-order valence-corrected chi connectivity index (χ3v) is 5.85. The fraction of sp³-hybridized carbons (Fsp3) is 0.429. The number of amides is 1. The van der Waals surface area contributed by atoms with Crippen molar-refractivity contribution in [3.8, 4) is 0 Å². The lowest BCUT2D eigenvalue weighted by Crippen LogP contribution is -2.39. The topological polar surface area (TPSA) is 45.7 Å². The van der Waals surface area contributed by atoms with E-state index >= 15 is 0 Å². The summed E-state index contributed by atoms with van der Waals surface area (Å²) in [4.78, 5) is 21.2. The van der Waals surface area contributed by atoms with Gasteiger partial charge < -0.3 is 14.5 Å². The number of ether oxygens (including phenoxy) is 1. The molecule has 2 aliphatic rings. The Morgan fingerprint density at radius 1 is 1.07 bits per heavy atom. The van der Waals surface area contributed by atoms with Gasteiger partial charge in [-0.25, -0.2) is 4.98 Å². The van der Waals surface area contributed by atoms with Crippen molar-refractivity contribution in [2.75, 3.05) is 37.7 Å². The van der Waals surface area contributed by atoms with Crippen LogP contribution in [0.15, 0.2) is 36.5 Å². The number of rotatable bonds is 3. The van der Waals surface area contributed by atoms with Crippen LogP contribution in [0.3, 0.4) is 0 Å². The van der Waals surface area contributed by atoms with Crippen molar-refractivity contribution in [1.29, 1.82) is 0 Å². The van der Waals surface area contributed by atoms with Crippen LogP contribution in [-0.2, 0) is 4.74 Å². The van der Waals surface area contributed by atoms with E-state index in [0.29, 0.717) is 41.1 Å². The van der Waals surface area contributed by atoms with Gasteiger partial charge in [-0.1, -0.05) is 35.3 Å². The number of pyridine rings is 1. The van der Waals surface area contributed by atoms with Gasteiger partial charge in [-0.05, 0) is 43.0 Å². The molecule has 2 aliphatic heterocycles. The van der Waals surface area contributed by atoms with Crippen LogP contribution in [0.25, 0.3) is 0 Å². The molecule has 0 aliphatic carbocycles. The Balaban J connectivity index is 1.49. The lowest BCUT2D eigenvalue weighted by atomic mass is 10.1. The Morgan fingerprint density at radius 2 is 1.82 bits per heavy atom. The van der Waals surface area contributed by atoms with Crippen molar-refractivity contribution in [3.63, 3.8) is 0 Å². The number of likely N-dealkylation sites (tertiary alicyclic amines) is 1. The predicted molar refractivity (Wildman–Crippen MR) is 111 cm³/mol. The molecule has 0 bridgehead atoms. The first-order valence-corrected chi connectivity index (χ1v) is 10.4. The maximum atomic E-state index is 12.7. The molecular weight excluding hydrogens is 397 g/mol. The minimum atomic E-state index is -0.0708. The summed E-state index contributed by atoms with van der Waals surface area (Å²) in [6.07, 6.45) is 4.88. The third kappa shape index (κ3) is 4.27. The highest BCUT2D eigenvalue weighted by atomic mass is 35.5. The number of aromatic nitrogens is 1. The predicted octanol–water partition coefficient (Wildman–Crippen LogP) is 4.59. The molecule has 0 saturated carbocycles. The number of piperidine rings is 1. The summed E-state index contributed by atoms with van der Waals surface area (Å²) in [6, 6.07) is 9.43. The summed E-state index contributed by atoms with van der Waals surface area (Å²) < 4.78 is 5.92. The van der Waals surface area contributed by atoms with Crippen molar-refractivity contribution in [2.24, 2.45) is 0 Å². The Hall–Kier alpha value is -1.82. The van der Waals surface area contributed by atoms with Crippen molar-refractivity contribution >= 4 is 34.9 Å². The molecule has 28 heavy (non-hydrogen) atoms. The standard InChI is InChI=1S/C21H23Cl2N3O2/c22-17-6-4-15(5-7-17)19-14-26(10-11-28-19)20-18(23)12-16(13-24-20)21(27)25-8-2-1-3-9-25/h4-7,12-13,19H,1-3,8-11,14H2. The molecule has 2 aromatic rings. The van der Waals surface area contributed by atoms with E-state index in [1.807, 2.05) is 29.2 Å². The Bertz CT molecular complexity index is 838. The molecule has 1 amide bonds. The average molecular weight is 420 g/mol. The molecule has 1 aromatic heterocycles. The van der Waals surface area contributed by atoms with Crippen LogP contribution in [0.1, 0.15) is 41.3 Å². The van der Waals surface area contributed by atoms with Gasteiger partial charge in [0.2, 0.25) is 0 Å². The molecule has 2 fully saturated rings. The first-order valence-electron chi connectivity index (χ1n) is 9.68. The minimum Gasteiger partial charge on any atom is -0.370 e. The normalized spacial score (nSPS) is 20.3. The first-order chi connectivity index (χ1) is 13.6. The molecule has 1 aromatic carbocycles. The third-order valence-electron chi connectivity index (χ3n) is 5.32. The Labute approximate surface area is 175 Å². The van der Waals surface area contributed by atoms with Crippen LogP contribution in [0.4, 0.5) is 5.82 Å². The van der Waals surface area contributed by atoms with Crippen LogP contribution < -0.4 is 4.90 Å². The van der Waals surface area contributed by atoms with E-state index in [1.54, 1.807) is 12.3 Å². The lowest BCUT2D eigenvalue weighted by molar-refractivity contribution is 0.0395. The molecule has 7 heteroatoms. The van der Waals surface area contributed by atoms with Crippen molar-refractivity contribution in [2.45, 2.75) is 25.4 Å². The SMILES string of the molecule is O=C(c1cnc(N2CCOC(c3ccc(Cl)cc3)C2)c(Cl)c1)N1CCCCC1. The fourth-order valence-corrected chi connectivity index (χ4v) is 4.19. The van der Waals surface area contributed by atoms with E-state index < -0.39 is 0 Å². The second-order valence-electron chi connectivity index (χ2n) is 7.24. The molecule has 0 spiro atoms. The average Bonchev–Trinajstić information content (AvgIpc) is 2.74. The molecule has 5 nitrogen and oxygen atoms in total. The maximum absolute atomic E-state index is 12.7. The number of hydrogen-bond donors (Lipinski definition) is 0. The quantitative estimate of drug-likeness (QED) is 0.729. The van der Waals surface area contributed by atoms with E-state index in [2.05, 4.69) is 9.88 Å². The number of halogens is 2. The van der Waals surface area contributed by atoms with E-state index in [1.165, 1.54) is 6.42 Å². The Kier molecular flexibility index (Phi) is 6.04. The zero-order valence-electron chi connectivity index (χ0n) is 15.6. The molecule has 2 saturated heterocycles. The summed E-state index contributed by atoms with van der Waals surface area (Å²) in [6.45, 7) is 3.55. The van der Waals surface area contributed by atoms with E-state index in [4.69, 9.17) is 27.9 Å². The van der Waals surface area contributed by atoms with Crippen molar-refractivity contribution in [3.05, 3.63) is 57.7 Å². The van der Waals surface area contributed by atoms with E-state index in [9.17, 15) is 4.79 Å². The molecule has 0 N–H and O–H groups in total. The van der Waals surface area contributed by atoms with Crippen LogP contribution in [0.5, 0.6) is 0 Å². The number of benzene rings is 1. The van der Waals surface area contributed by atoms with Crippen molar-refractivity contribution in [1.82, 2.24) is 9.88 Å². The smallest absolute Gasteiger partial charge is 0.255 e. The van der Waals surface area contributed by atoms with Gasteiger partial charge >= 0.3 is 0 Å². The molecule has 0 radical (unpaired) electrons. The monoisotopic (exact) mass is 419 g/mol. The largest absolute Gasteiger partial charge is 0.370 e. The van der Waals surface area contributed by atoms with E-state index in [0.717, 1.165) is 31.5 Å². The molecule has 1 unspecified atom stereocenters. The summed E-state index contributed by atoms with van der Waals surface area (Å²) in [5, 5.41) is 1.20. The summed E-state index contributed by atoms with van der Waals surface area (Å²) in [7, 11) is 0. The number of morpholine rings is 1. The zero-order valence-corrected chi connectivity index (χ0v) is 17.1. The highest BCUT2D eigenvalue weighted by Crippen LogP contribution is 2.30. The van der Waals surface area contributed by atoms with Gasteiger partial charge in [0.15, 0.2) is 0 Å².